The summed E-state index contributed by atoms with van der Waals surface area (Å²) in [4.78, 5) is 13.9. The van der Waals surface area contributed by atoms with Crippen LogP contribution in [0.2, 0.25) is 5.02 Å². The van der Waals surface area contributed by atoms with Gasteiger partial charge in [-0.05, 0) is 31.0 Å². The summed E-state index contributed by atoms with van der Waals surface area (Å²) in [6, 6.07) is 5.08. The fourth-order valence-corrected chi connectivity index (χ4v) is 2.23. The van der Waals surface area contributed by atoms with Gasteiger partial charge in [0.25, 0.3) is 0 Å². The zero-order valence-corrected chi connectivity index (χ0v) is 11.9. The van der Waals surface area contributed by atoms with Gasteiger partial charge in [0.1, 0.15) is 0 Å². The van der Waals surface area contributed by atoms with Gasteiger partial charge in [-0.1, -0.05) is 23.4 Å². The van der Waals surface area contributed by atoms with Gasteiger partial charge in [0.2, 0.25) is 0 Å². The number of hydrogen-bond donors (Lipinski definition) is 2. The van der Waals surface area contributed by atoms with Crippen molar-refractivity contribution in [2.45, 2.75) is 19.3 Å². The van der Waals surface area contributed by atoms with Crippen molar-refractivity contribution in [1.29, 1.82) is 0 Å². The molecule has 2 rings (SSSR count). The molecule has 0 unspecified atom stereocenters. The number of benzene rings is 1. The maximum Gasteiger partial charge on any atom is 0.321 e. The Balaban J connectivity index is 2.14. The number of carbonyl (C=O) groups is 1. The second kappa shape index (κ2) is 7.18. The van der Waals surface area contributed by atoms with E-state index in [4.69, 9.17) is 16.7 Å². The lowest BCUT2D eigenvalue weighted by Gasteiger charge is -2.17. The zero-order chi connectivity index (χ0) is 14.4. The van der Waals surface area contributed by atoms with Crippen LogP contribution in [-0.4, -0.2) is 35.7 Å². The van der Waals surface area contributed by atoms with E-state index < -0.39 is 0 Å². The Bertz CT molecular complexity index is 543. The maximum absolute atomic E-state index is 12.1. The lowest BCUT2D eigenvalue weighted by molar-refractivity contribution is 0.222. The topological polar surface area (TPSA) is 52.6 Å². The predicted octanol–water partition coefficient (Wildman–Crippen LogP) is 2.70. The standard InChI is InChI=1S/C15H17ClN2O2/c16-13-7-6-12(5-1-4-10-19)14(11-13)17-15(20)18-8-2-3-9-18/h6-7,11,19H,2-4,8-10H2,(H,17,20). The Morgan fingerprint density at radius 1 is 1.40 bits per heavy atom. The third kappa shape index (κ3) is 3.89. The third-order valence-electron chi connectivity index (χ3n) is 3.08. The van der Waals surface area contributed by atoms with E-state index in [1.54, 1.807) is 23.1 Å². The molecule has 0 atom stereocenters. The molecule has 0 spiro atoms. The van der Waals surface area contributed by atoms with E-state index in [1.165, 1.54) is 0 Å². The molecule has 1 aromatic rings. The molecule has 0 radical (unpaired) electrons. The number of amides is 2. The van der Waals surface area contributed by atoms with E-state index in [2.05, 4.69) is 17.2 Å². The molecule has 2 amide bonds. The molecule has 1 aliphatic rings. The van der Waals surface area contributed by atoms with Gasteiger partial charge in [0.15, 0.2) is 0 Å². The van der Waals surface area contributed by atoms with Crippen molar-refractivity contribution in [2.24, 2.45) is 0 Å². The van der Waals surface area contributed by atoms with Crippen LogP contribution in [0.4, 0.5) is 10.5 Å². The van der Waals surface area contributed by atoms with E-state index in [-0.39, 0.29) is 12.6 Å². The van der Waals surface area contributed by atoms with Gasteiger partial charge in [-0.15, -0.1) is 0 Å². The second-order valence-corrected chi connectivity index (χ2v) is 5.03. The molecule has 0 aliphatic carbocycles. The van der Waals surface area contributed by atoms with Gasteiger partial charge in [-0.3, -0.25) is 0 Å². The first kappa shape index (κ1) is 14.7. The minimum absolute atomic E-state index is 0.0239. The van der Waals surface area contributed by atoms with Crippen molar-refractivity contribution in [3.05, 3.63) is 28.8 Å². The van der Waals surface area contributed by atoms with Crippen molar-refractivity contribution >= 4 is 23.3 Å². The fourth-order valence-electron chi connectivity index (χ4n) is 2.06. The van der Waals surface area contributed by atoms with E-state index in [1.807, 2.05) is 0 Å². The van der Waals surface area contributed by atoms with Crippen LogP contribution in [0.15, 0.2) is 18.2 Å². The maximum atomic E-state index is 12.1. The van der Waals surface area contributed by atoms with Crippen LogP contribution >= 0.6 is 11.6 Å². The number of halogens is 1. The highest BCUT2D eigenvalue weighted by molar-refractivity contribution is 6.31. The average molecular weight is 293 g/mol. The van der Waals surface area contributed by atoms with Gasteiger partial charge in [-0.2, -0.15) is 0 Å². The molecule has 1 aliphatic heterocycles. The van der Waals surface area contributed by atoms with Crippen LogP contribution in [0.5, 0.6) is 0 Å². The van der Waals surface area contributed by atoms with Crippen LogP contribution in [0.3, 0.4) is 0 Å². The van der Waals surface area contributed by atoms with Crippen molar-refractivity contribution in [1.82, 2.24) is 4.90 Å². The fraction of sp³-hybridized carbons (Fsp3) is 0.400. The van der Waals surface area contributed by atoms with E-state index in [9.17, 15) is 4.79 Å². The summed E-state index contributed by atoms with van der Waals surface area (Å²) in [5, 5.41) is 12.2. The third-order valence-corrected chi connectivity index (χ3v) is 3.31. The number of hydrogen-bond acceptors (Lipinski definition) is 2. The van der Waals surface area contributed by atoms with Crippen molar-refractivity contribution in [3.8, 4) is 11.8 Å². The Hall–Kier alpha value is -1.70. The highest BCUT2D eigenvalue weighted by atomic mass is 35.5. The van der Waals surface area contributed by atoms with Gasteiger partial charge in [-0.25, -0.2) is 4.79 Å². The average Bonchev–Trinajstić information content (AvgIpc) is 2.95. The molecular formula is C15H17ClN2O2. The van der Waals surface area contributed by atoms with E-state index >= 15 is 0 Å². The summed E-state index contributed by atoms with van der Waals surface area (Å²) in [5.74, 6) is 5.78. The summed E-state index contributed by atoms with van der Waals surface area (Å²) in [6.45, 7) is 1.60. The van der Waals surface area contributed by atoms with Gasteiger partial charge in [0.05, 0.1) is 12.3 Å². The minimum atomic E-state index is -0.116. The van der Waals surface area contributed by atoms with Gasteiger partial charge < -0.3 is 15.3 Å². The number of carbonyl (C=O) groups excluding carboxylic acids is 1. The molecule has 0 saturated carbocycles. The minimum Gasteiger partial charge on any atom is -0.395 e. The molecule has 1 saturated heterocycles. The number of aliphatic hydroxyl groups excluding tert-OH is 1. The molecule has 2 N–H and O–H groups in total. The predicted molar refractivity (Wildman–Crippen MR) is 79.9 cm³/mol. The lowest BCUT2D eigenvalue weighted by atomic mass is 10.1. The SMILES string of the molecule is O=C(Nc1cc(Cl)ccc1C#CCCO)N1CCCC1. The van der Waals surface area contributed by atoms with Crippen molar-refractivity contribution < 1.29 is 9.90 Å². The molecule has 20 heavy (non-hydrogen) atoms. The Kier molecular flexibility index (Phi) is 5.28. The van der Waals surface area contributed by atoms with Crippen LogP contribution in [-0.2, 0) is 0 Å². The molecule has 0 bridgehead atoms. The number of aliphatic hydroxyl groups is 1. The number of nitrogens with zero attached hydrogens (tertiary/aromatic N) is 1. The van der Waals surface area contributed by atoms with Crippen LogP contribution in [0, 0.1) is 11.8 Å². The number of rotatable bonds is 2. The highest BCUT2D eigenvalue weighted by Gasteiger charge is 2.18. The molecular weight excluding hydrogens is 276 g/mol. The quantitative estimate of drug-likeness (QED) is 0.824. The first-order valence-electron chi connectivity index (χ1n) is 6.66. The van der Waals surface area contributed by atoms with E-state index in [0.717, 1.165) is 25.9 Å². The number of anilines is 1. The lowest BCUT2D eigenvalue weighted by Crippen LogP contribution is -2.32. The first-order chi connectivity index (χ1) is 9.70. The highest BCUT2D eigenvalue weighted by Crippen LogP contribution is 2.21. The Labute approximate surface area is 123 Å². The summed E-state index contributed by atoms with van der Waals surface area (Å²) in [7, 11) is 0. The molecule has 5 heteroatoms. The molecule has 106 valence electrons. The van der Waals surface area contributed by atoms with E-state index in [0.29, 0.717) is 22.7 Å². The smallest absolute Gasteiger partial charge is 0.321 e. The molecule has 1 fully saturated rings. The normalized spacial score (nSPS) is 13.8. The molecule has 1 heterocycles. The second-order valence-electron chi connectivity index (χ2n) is 4.59. The number of likely N-dealkylation sites (tertiary alicyclic amines) is 1. The first-order valence-corrected chi connectivity index (χ1v) is 7.03. The summed E-state index contributed by atoms with van der Waals surface area (Å²) < 4.78 is 0. The summed E-state index contributed by atoms with van der Waals surface area (Å²) in [6.07, 6.45) is 2.50. The van der Waals surface area contributed by atoms with Crippen molar-refractivity contribution in [3.63, 3.8) is 0 Å². The number of urea groups is 1. The molecule has 4 nitrogen and oxygen atoms in total. The summed E-state index contributed by atoms with van der Waals surface area (Å²) >= 11 is 5.97. The zero-order valence-electron chi connectivity index (χ0n) is 11.2. The Morgan fingerprint density at radius 3 is 2.85 bits per heavy atom. The van der Waals surface area contributed by atoms with Crippen LogP contribution < -0.4 is 5.32 Å². The Morgan fingerprint density at radius 2 is 2.15 bits per heavy atom. The van der Waals surface area contributed by atoms with Crippen molar-refractivity contribution in [2.75, 3.05) is 25.0 Å². The molecule has 1 aromatic carbocycles. The number of nitrogens with one attached hydrogen (secondary N) is 1. The van der Waals surface area contributed by atoms with Gasteiger partial charge >= 0.3 is 6.03 Å². The molecule has 0 aromatic heterocycles. The summed E-state index contributed by atoms with van der Waals surface area (Å²) in [5.41, 5.74) is 1.32. The van der Waals surface area contributed by atoms with Crippen LogP contribution in [0.1, 0.15) is 24.8 Å². The van der Waals surface area contributed by atoms with Gasteiger partial charge in [0, 0.05) is 30.1 Å². The van der Waals surface area contributed by atoms with Crippen LogP contribution in [0.25, 0.3) is 0 Å². The monoisotopic (exact) mass is 292 g/mol. The largest absolute Gasteiger partial charge is 0.395 e.